The smallest absolute Gasteiger partial charge is 0.126 e. The molecular formula is C10H13BrN2. The highest BCUT2D eigenvalue weighted by atomic mass is 79.9. The predicted octanol–water partition coefficient (Wildman–Crippen LogP) is 3.20. The molecule has 1 aromatic rings. The van der Waals surface area contributed by atoms with Crippen molar-refractivity contribution in [2.75, 3.05) is 5.32 Å². The van der Waals surface area contributed by atoms with E-state index in [1.807, 2.05) is 18.3 Å². The summed E-state index contributed by atoms with van der Waals surface area (Å²) in [7, 11) is 0. The van der Waals surface area contributed by atoms with Crippen LogP contribution < -0.4 is 5.32 Å². The molecule has 13 heavy (non-hydrogen) atoms. The van der Waals surface area contributed by atoms with Crippen molar-refractivity contribution >= 4 is 21.7 Å². The fourth-order valence-electron chi connectivity index (χ4n) is 1.74. The number of pyridine rings is 1. The molecule has 1 aliphatic carbocycles. The minimum absolute atomic E-state index is 0.647. The number of hydrogen-bond donors (Lipinski definition) is 1. The van der Waals surface area contributed by atoms with Crippen molar-refractivity contribution in [2.45, 2.75) is 31.7 Å². The number of halogens is 1. The van der Waals surface area contributed by atoms with Gasteiger partial charge in [0.2, 0.25) is 0 Å². The molecule has 0 aliphatic heterocycles. The lowest BCUT2D eigenvalue weighted by atomic mass is 10.2. The van der Waals surface area contributed by atoms with E-state index in [9.17, 15) is 0 Å². The lowest BCUT2D eigenvalue weighted by Gasteiger charge is -2.11. The van der Waals surface area contributed by atoms with Crippen molar-refractivity contribution in [1.82, 2.24) is 4.98 Å². The third-order valence-electron chi connectivity index (χ3n) is 2.43. The summed E-state index contributed by atoms with van der Waals surface area (Å²) in [5.41, 5.74) is 0. The summed E-state index contributed by atoms with van der Waals surface area (Å²) < 4.78 is 1.03. The first-order valence-corrected chi connectivity index (χ1v) is 5.52. The number of rotatable bonds is 2. The predicted molar refractivity (Wildman–Crippen MR) is 57.8 cm³/mol. The molecule has 0 radical (unpaired) electrons. The Kier molecular flexibility index (Phi) is 2.83. The first-order valence-electron chi connectivity index (χ1n) is 4.73. The molecule has 1 aliphatic rings. The Morgan fingerprint density at radius 3 is 2.69 bits per heavy atom. The summed E-state index contributed by atoms with van der Waals surface area (Å²) in [5, 5.41) is 3.44. The lowest BCUT2D eigenvalue weighted by molar-refractivity contribution is 0.750. The van der Waals surface area contributed by atoms with Crippen LogP contribution in [0.4, 0.5) is 5.82 Å². The second-order valence-electron chi connectivity index (χ2n) is 3.49. The van der Waals surface area contributed by atoms with Crippen LogP contribution in [0.15, 0.2) is 22.8 Å². The quantitative estimate of drug-likeness (QED) is 0.859. The van der Waals surface area contributed by atoms with Crippen LogP contribution in [0.2, 0.25) is 0 Å². The standard InChI is InChI=1S/C10H13BrN2/c11-8-5-6-10(12-7-8)13-9-3-1-2-4-9/h5-7,9H,1-4H2,(H,12,13). The molecule has 1 fully saturated rings. The Hall–Kier alpha value is -0.570. The molecule has 0 amide bonds. The molecule has 70 valence electrons. The largest absolute Gasteiger partial charge is 0.367 e. The van der Waals surface area contributed by atoms with Crippen LogP contribution in [0, 0.1) is 0 Å². The highest BCUT2D eigenvalue weighted by molar-refractivity contribution is 9.10. The van der Waals surface area contributed by atoms with Gasteiger partial charge in [-0.25, -0.2) is 4.98 Å². The highest BCUT2D eigenvalue weighted by Gasteiger charge is 2.14. The van der Waals surface area contributed by atoms with E-state index in [2.05, 4.69) is 26.2 Å². The highest BCUT2D eigenvalue weighted by Crippen LogP contribution is 2.21. The van der Waals surface area contributed by atoms with Crippen LogP contribution in [0.1, 0.15) is 25.7 Å². The summed E-state index contributed by atoms with van der Waals surface area (Å²) >= 11 is 3.37. The zero-order chi connectivity index (χ0) is 9.10. The van der Waals surface area contributed by atoms with Gasteiger partial charge >= 0.3 is 0 Å². The fourth-order valence-corrected chi connectivity index (χ4v) is 1.98. The minimum Gasteiger partial charge on any atom is -0.367 e. The minimum atomic E-state index is 0.647. The van der Waals surface area contributed by atoms with Gasteiger partial charge in [0.25, 0.3) is 0 Å². The van der Waals surface area contributed by atoms with E-state index in [0.717, 1.165) is 10.3 Å². The maximum atomic E-state index is 4.28. The summed E-state index contributed by atoms with van der Waals surface area (Å²) in [6.07, 6.45) is 7.12. The van der Waals surface area contributed by atoms with Gasteiger partial charge in [0, 0.05) is 16.7 Å². The number of hydrogen-bond acceptors (Lipinski definition) is 2. The molecule has 3 heteroatoms. The average Bonchev–Trinajstić information content (AvgIpc) is 2.62. The van der Waals surface area contributed by atoms with Crippen molar-refractivity contribution < 1.29 is 0 Å². The van der Waals surface area contributed by atoms with Crippen molar-refractivity contribution in [2.24, 2.45) is 0 Å². The topological polar surface area (TPSA) is 24.9 Å². The SMILES string of the molecule is Brc1ccc(NC2CCCC2)nc1. The first kappa shape index (κ1) is 9.00. The van der Waals surface area contributed by atoms with Gasteiger partial charge in [-0.1, -0.05) is 12.8 Å². The molecule has 0 atom stereocenters. The molecule has 2 nitrogen and oxygen atoms in total. The van der Waals surface area contributed by atoms with Crippen LogP contribution in [-0.4, -0.2) is 11.0 Å². The van der Waals surface area contributed by atoms with Gasteiger partial charge in [0.1, 0.15) is 5.82 Å². The molecule has 0 aromatic carbocycles. The van der Waals surface area contributed by atoms with E-state index >= 15 is 0 Å². The average molecular weight is 241 g/mol. The van der Waals surface area contributed by atoms with Gasteiger partial charge in [0.15, 0.2) is 0 Å². The zero-order valence-corrected chi connectivity index (χ0v) is 9.05. The zero-order valence-electron chi connectivity index (χ0n) is 7.46. The van der Waals surface area contributed by atoms with Crippen LogP contribution in [0.25, 0.3) is 0 Å². The second kappa shape index (κ2) is 4.09. The Balaban J connectivity index is 1.97. The van der Waals surface area contributed by atoms with E-state index in [4.69, 9.17) is 0 Å². The van der Waals surface area contributed by atoms with Crippen molar-refractivity contribution in [1.29, 1.82) is 0 Å². The molecule has 1 N–H and O–H groups in total. The van der Waals surface area contributed by atoms with Crippen LogP contribution in [0.3, 0.4) is 0 Å². The lowest BCUT2D eigenvalue weighted by Crippen LogP contribution is -2.15. The molecule has 0 spiro atoms. The van der Waals surface area contributed by atoms with Crippen LogP contribution >= 0.6 is 15.9 Å². The Morgan fingerprint density at radius 1 is 1.31 bits per heavy atom. The maximum absolute atomic E-state index is 4.28. The van der Waals surface area contributed by atoms with E-state index < -0.39 is 0 Å². The molecule has 2 rings (SSSR count). The van der Waals surface area contributed by atoms with Gasteiger partial charge in [-0.3, -0.25) is 0 Å². The van der Waals surface area contributed by atoms with Gasteiger partial charge in [-0.15, -0.1) is 0 Å². The van der Waals surface area contributed by atoms with Gasteiger partial charge in [-0.05, 0) is 40.9 Å². The molecule has 0 bridgehead atoms. The normalized spacial score (nSPS) is 17.6. The third kappa shape index (κ3) is 2.44. The van der Waals surface area contributed by atoms with Gasteiger partial charge in [0.05, 0.1) is 0 Å². The summed E-state index contributed by atoms with van der Waals surface area (Å²) in [6.45, 7) is 0. The second-order valence-corrected chi connectivity index (χ2v) is 4.40. The maximum Gasteiger partial charge on any atom is 0.126 e. The number of anilines is 1. The van der Waals surface area contributed by atoms with E-state index in [1.54, 1.807) is 0 Å². The molecule has 1 heterocycles. The molecular weight excluding hydrogens is 228 g/mol. The van der Waals surface area contributed by atoms with Crippen LogP contribution in [0.5, 0.6) is 0 Å². The molecule has 0 saturated heterocycles. The molecule has 1 saturated carbocycles. The number of nitrogens with one attached hydrogen (secondary N) is 1. The Morgan fingerprint density at radius 2 is 2.08 bits per heavy atom. The van der Waals surface area contributed by atoms with E-state index in [1.165, 1.54) is 25.7 Å². The number of aromatic nitrogens is 1. The van der Waals surface area contributed by atoms with Gasteiger partial charge < -0.3 is 5.32 Å². The molecule has 0 unspecified atom stereocenters. The Labute approximate surface area is 86.9 Å². The van der Waals surface area contributed by atoms with Crippen molar-refractivity contribution in [3.05, 3.63) is 22.8 Å². The summed E-state index contributed by atoms with van der Waals surface area (Å²) in [6, 6.07) is 4.68. The van der Waals surface area contributed by atoms with Gasteiger partial charge in [-0.2, -0.15) is 0 Å². The molecule has 1 aromatic heterocycles. The van der Waals surface area contributed by atoms with Crippen molar-refractivity contribution in [3.8, 4) is 0 Å². The number of nitrogens with zero attached hydrogens (tertiary/aromatic N) is 1. The first-order chi connectivity index (χ1) is 6.34. The summed E-state index contributed by atoms with van der Waals surface area (Å²) in [5.74, 6) is 0.995. The van der Waals surface area contributed by atoms with Crippen LogP contribution in [-0.2, 0) is 0 Å². The third-order valence-corrected chi connectivity index (χ3v) is 2.90. The van der Waals surface area contributed by atoms with Crippen molar-refractivity contribution in [3.63, 3.8) is 0 Å². The fraction of sp³-hybridized carbons (Fsp3) is 0.500. The Bertz CT molecular complexity index is 265. The van der Waals surface area contributed by atoms with E-state index in [-0.39, 0.29) is 0 Å². The monoisotopic (exact) mass is 240 g/mol. The summed E-state index contributed by atoms with van der Waals surface area (Å²) in [4.78, 5) is 4.28. The van der Waals surface area contributed by atoms with E-state index in [0.29, 0.717) is 6.04 Å².